The van der Waals surface area contributed by atoms with Crippen molar-refractivity contribution >= 4 is 46.3 Å². The highest BCUT2D eigenvalue weighted by Crippen LogP contribution is 2.21. The number of nitrogens with zero attached hydrogens (tertiary/aromatic N) is 3. The second-order valence-electron chi connectivity index (χ2n) is 6.40. The molecule has 0 aliphatic carbocycles. The number of carbonyl (C=O) groups is 2. The van der Waals surface area contributed by atoms with Crippen molar-refractivity contribution in [1.29, 1.82) is 0 Å². The van der Waals surface area contributed by atoms with Crippen LogP contribution in [-0.2, 0) is 11.8 Å². The van der Waals surface area contributed by atoms with E-state index in [1.807, 2.05) is 23.1 Å². The Morgan fingerprint density at radius 3 is 2.36 bits per heavy atom. The van der Waals surface area contributed by atoms with E-state index in [1.165, 1.54) is 23.1 Å². The van der Waals surface area contributed by atoms with E-state index < -0.39 is 0 Å². The van der Waals surface area contributed by atoms with E-state index in [0.717, 1.165) is 5.82 Å². The van der Waals surface area contributed by atoms with Crippen LogP contribution >= 0.6 is 23.1 Å². The molecule has 1 aromatic carbocycles. The van der Waals surface area contributed by atoms with Crippen molar-refractivity contribution in [2.24, 2.45) is 7.05 Å². The maximum atomic E-state index is 12.2. The molecule has 0 bridgehead atoms. The molecule has 0 aliphatic heterocycles. The van der Waals surface area contributed by atoms with Crippen molar-refractivity contribution < 1.29 is 9.59 Å². The topological polar surface area (TPSA) is 88.9 Å². The Balaban J connectivity index is 1.51. The number of nitrogens with one attached hydrogen (secondary N) is 2. The van der Waals surface area contributed by atoms with Crippen molar-refractivity contribution in [1.82, 2.24) is 14.8 Å². The van der Waals surface area contributed by atoms with Gasteiger partial charge in [-0.05, 0) is 35.7 Å². The number of thioether (sulfide) groups is 1. The third-order valence-electron chi connectivity index (χ3n) is 3.89. The summed E-state index contributed by atoms with van der Waals surface area (Å²) >= 11 is 2.73. The van der Waals surface area contributed by atoms with Crippen molar-refractivity contribution in [3.8, 4) is 0 Å². The summed E-state index contributed by atoms with van der Waals surface area (Å²) in [6.07, 6.45) is 0. The molecule has 0 saturated heterocycles. The number of carbonyl (C=O) groups excluding carboxylic acids is 2. The lowest BCUT2D eigenvalue weighted by molar-refractivity contribution is -0.113. The SMILES string of the molecule is CC(C)c1nnc(SCC(=O)Nc2ccc(NC(=O)c3cccs3)cc2)n1C. The highest BCUT2D eigenvalue weighted by atomic mass is 32.2. The van der Waals surface area contributed by atoms with Gasteiger partial charge in [0.2, 0.25) is 5.91 Å². The number of hydrogen-bond acceptors (Lipinski definition) is 6. The molecule has 0 aliphatic rings. The minimum Gasteiger partial charge on any atom is -0.325 e. The minimum absolute atomic E-state index is 0.130. The third kappa shape index (κ3) is 4.99. The zero-order valence-corrected chi connectivity index (χ0v) is 17.4. The van der Waals surface area contributed by atoms with Crippen LogP contribution in [0.15, 0.2) is 46.9 Å². The van der Waals surface area contributed by atoms with E-state index >= 15 is 0 Å². The summed E-state index contributed by atoms with van der Waals surface area (Å²) in [5, 5.41) is 16.5. The van der Waals surface area contributed by atoms with E-state index in [0.29, 0.717) is 21.4 Å². The van der Waals surface area contributed by atoms with Gasteiger partial charge in [0.25, 0.3) is 5.91 Å². The molecule has 0 saturated carbocycles. The predicted octanol–water partition coefficient (Wildman–Crippen LogP) is 3.98. The van der Waals surface area contributed by atoms with Gasteiger partial charge in [0.15, 0.2) is 5.16 Å². The quantitative estimate of drug-likeness (QED) is 0.570. The lowest BCUT2D eigenvalue weighted by Crippen LogP contribution is -2.15. The summed E-state index contributed by atoms with van der Waals surface area (Å²) in [6, 6.07) is 10.6. The molecule has 0 radical (unpaired) electrons. The fourth-order valence-corrected chi connectivity index (χ4v) is 3.86. The Kier molecular flexibility index (Phi) is 6.48. The Bertz CT molecular complexity index is 949. The summed E-state index contributed by atoms with van der Waals surface area (Å²) < 4.78 is 1.91. The molecule has 9 heteroatoms. The molecule has 2 heterocycles. The molecule has 7 nitrogen and oxygen atoms in total. The smallest absolute Gasteiger partial charge is 0.265 e. The summed E-state index contributed by atoms with van der Waals surface area (Å²) in [4.78, 5) is 24.9. The molecule has 2 N–H and O–H groups in total. The van der Waals surface area contributed by atoms with Crippen LogP contribution in [0.1, 0.15) is 35.3 Å². The van der Waals surface area contributed by atoms with Crippen LogP contribution in [0.4, 0.5) is 11.4 Å². The van der Waals surface area contributed by atoms with Gasteiger partial charge in [0, 0.05) is 24.3 Å². The van der Waals surface area contributed by atoms with Crippen LogP contribution in [0.25, 0.3) is 0 Å². The van der Waals surface area contributed by atoms with Gasteiger partial charge in [-0.15, -0.1) is 21.5 Å². The van der Waals surface area contributed by atoms with Gasteiger partial charge < -0.3 is 15.2 Å². The minimum atomic E-state index is -0.146. The molecule has 28 heavy (non-hydrogen) atoms. The van der Waals surface area contributed by atoms with E-state index in [4.69, 9.17) is 0 Å². The van der Waals surface area contributed by atoms with Crippen molar-refractivity contribution in [2.75, 3.05) is 16.4 Å². The van der Waals surface area contributed by atoms with Crippen molar-refractivity contribution in [3.05, 3.63) is 52.5 Å². The number of amides is 2. The van der Waals surface area contributed by atoms with Gasteiger partial charge in [-0.3, -0.25) is 9.59 Å². The Morgan fingerprint density at radius 1 is 1.11 bits per heavy atom. The average molecular weight is 416 g/mol. The van der Waals surface area contributed by atoms with Crippen LogP contribution in [-0.4, -0.2) is 32.3 Å². The average Bonchev–Trinajstić information content (AvgIpc) is 3.31. The van der Waals surface area contributed by atoms with Gasteiger partial charge in [0.05, 0.1) is 10.6 Å². The first kappa shape index (κ1) is 20.1. The molecule has 0 spiro atoms. The summed E-state index contributed by atoms with van der Waals surface area (Å²) in [7, 11) is 1.90. The van der Waals surface area contributed by atoms with Gasteiger partial charge in [0.1, 0.15) is 5.82 Å². The number of rotatable bonds is 7. The van der Waals surface area contributed by atoms with Gasteiger partial charge in [-0.25, -0.2) is 0 Å². The van der Waals surface area contributed by atoms with Gasteiger partial charge >= 0.3 is 0 Å². The molecular formula is C19H21N5O2S2. The summed E-state index contributed by atoms with van der Waals surface area (Å²) in [5.41, 5.74) is 1.34. The van der Waals surface area contributed by atoms with Crippen molar-refractivity contribution in [3.63, 3.8) is 0 Å². The molecule has 3 rings (SSSR count). The van der Waals surface area contributed by atoms with E-state index in [9.17, 15) is 9.59 Å². The molecule has 0 atom stereocenters. The van der Waals surface area contributed by atoms with Crippen LogP contribution in [0, 0.1) is 0 Å². The molecule has 0 fully saturated rings. The lowest BCUT2D eigenvalue weighted by atomic mass is 10.2. The maximum Gasteiger partial charge on any atom is 0.265 e. The van der Waals surface area contributed by atoms with E-state index in [1.54, 1.807) is 30.3 Å². The monoisotopic (exact) mass is 415 g/mol. The first-order valence-corrected chi connectivity index (χ1v) is 10.6. The fourth-order valence-electron chi connectivity index (χ4n) is 2.52. The van der Waals surface area contributed by atoms with Crippen LogP contribution in [0.2, 0.25) is 0 Å². The maximum absolute atomic E-state index is 12.2. The third-order valence-corrected chi connectivity index (χ3v) is 5.78. The number of anilines is 2. The number of thiophene rings is 1. The highest BCUT2D eigenvalue weighted by molar-refractivity contribution is 7.99. The van der Waals surface area contributed by atoms with E-state index in [2.05, 4.69) is 34.7 Å². The number of aromatic nitrogens is 3. The Hall–Kier alpha value is -2.65. The highest BCUT2D eigenvalue weighted by Gasteiger charge is 2.14. The zero-order valence-electron chi connectivity index (χ0n) is 15.8. The molecule has 2 aromatic heterocycles. The van der Waals surface area contributed by atoms with Crippen LogP contribution < -0.4 is 10.6 Å². The summed E-state index contributed by atoms with van der Waals surface area (Å²) in [5.74, 6) is 1.13. The first-order valence-electron chi connectivity index (χ1n) is 8.71. The molecule has 0 unspecified atom stereocenters. The number of hydrogen-bond donors (Lipinski definition) is 2. The predicted molar refractivity (Wildman–Crippen MR) is 113 cm³/mol. The Morgan fingerprint density at radius 2 is 1.79 bits per heavy atom. The lowest BCUT2D eigenvalue weighted by Gasteiger charge is -2.08. The molecule has 2 amide bonds. The fraction of sp³-hybridized carbons (Fsp3) is 0.263. The Labute approximate surface area is 171 Å². The van der Waals surface area contributed by atoms with E-state index in [-0.39, 0.29) is 23.5 Å². The largest absolute Gasteiger partial charge is 0.325 e. The van der Waals surface area contributed by atoms with Gasteiger partial charge in [-0.2, -0.15) is 0 Å². The normalized spacial score (nSPS) is 10.9. The van der Waals surface area contributed by atoms with Crippen LogP contribution in [0.5, 0.6) is 0 Å². The van der Waals surface area contributed by atoms with Gasteiger partial charge in [-0.1, -0.05) is 31.7 Å². The molecule has 3 aromatic rings. The standard InChI is InChI=1S/C19H21N5O2S2/c1-12(2)17-22-23-19(24(17)3)28-11-16(25)20-13-6-8-14(9-7-13)21-18(26)15-5-4-10-27-15/h4-10,12H,11H2,1-3H3,(H,20,25)(H,21,26). The van der Waals surface area contributed by atoms with Crippen LogP contribution in [0.3, 0.4) is 0 Å². The summed E-state index contributed by atoms with van der Waals surface area (Å²) in [6.45, 7) is 4.11. The molecule has 146 valence electrons. The second kappa shape index (κ2) is 9.03. The zero-order chi connectivity index (χ0) is 20.1. The first-order chi connectivity index (χ1) is 13.4. The number of benzene rings is 1. The molecular weight excluding hydrogens is 394 g/mol. The van der Waals surface area contributed by atoms with Crippen molar-refractivity contribution in [2.45, 2.75) is 24.9 Å². The second-order valence-corrected chi connectivity index (χ2v) is 8.29.